The third kappa shape index (κ3) is 7.20. The Morgan fingerprint density at radius 1 is 1.43 bits per heavy atom. The molecule has 21 heavy (non-hydrogen) atoms. The van der Waals surface area contributed by atoms with Gasteiger partial charge in [-0.2, -0.15) is 0 Å². The second-order valence-corrected chi connectivity index (χ2v) is 6.41. The average Bonchev–Trinajstić information content (AvgIpc) is 2.69. The Morgan fingerprint density at radius 3 is 2.57 bits per heavy atom. The Hall–Kier alpha value is -0.720. The van der Waals surface area contributed by atoms with Crippen molar-refractivity contribution in [2.75, 3.05) is 12.3 Å². The highest BCUT2D eigenvalue weighted by molar-refractivity contribution is 7.99. The molecule has 3 N–H and O–H groups in total. The number of thioether (sulfide) groups is 1. The van der Waals surface area contributed by atoms with Crippen LogP contribution in [0, 0.1) is 19.8 Å². The largest absolute Gasteiger partial charge is 0.361 e. The third-order valence-electron chi connectivity index (χ3n) is 3.07. The van der Waals surface area contributed by atoms with Crippen molar-refractivity contribution < 1.29 is 9.32 Å². The SMILES string of the molecule is Cc1noc(C)c1CSCC(=O)NC(CN)CC(C)C.Cl. The van der Waals surface area contributed by atoms with Gasteiger partial charge in [0.2, 0.25) is 5.91 Å². The summed E-state index contributed by atoms with van der Waals surface area (Å²) in [6, 6.07) is 0.0714. The van der Waals surface area contributed by atoms with E-state index in [0.717, 1.165) is 29.2 Å². The minimum atomic E-state index is 0. The topological polar surface area (TPSA) is 81.2 Å². The molecular formula is C14H26ClN3O2S. The Morgan fingerprint density at radius 2 is 2.10 bits per heavy atom. The number of aromatic nitrogens is 1. The van der Waals surface area contributed by atoms with Crippen LogP contribution in [0.15, 0.2) is 4.52 Å². The number of hydrogen-bond acceptors (Lipinski definition) is 5. The van der Waals surface area contributed by atoms with E-state index in [-0.39, 0.29) is 24.4 Å². The molecule has 1 amide bonds. The first-order valence-electron chi connectivity index (χ1n) is 6.93. The van der Waals surface area contributed by atoms with E-state index in [1.165, 1.54) is 0 Å². The van der Waals surface area contributed by atoms with Gasteiger partial charge in [0.1, 0.15) is 5.76 Å². The molecule has 0 bridgehead atoms. The van der Waals surface area contributed by atoms with Crippen molar-refractivity contribution in [3.05, 3.63) is 17.0 Å². The van der Waals surface area contributed by atoms with Gasteiger partial charge >= 0.3 is 0 Å². The van der Waals surface area contributed by atoms with Crippen LogP contribution in [0.3, 0.4) is 0 Å². The van der Waals surface area contributed by atoms with Crippen molar-refractivity contribution in [2.45, 2.75) is 45.9 Å². The Kier molecular flexibility index (Phi) is 9.74. The molecule has 0 saturated heterocycles. The van der Waals surface area contributed by atoms with Crippen LogP contribution >= 0.6 is 24.2 Å². The molecule has 1 atom stereocenters. The molecule has 0 aliphatic rings. The number of carbonyl (C=O) groups excluding carboxylic acids is 1. The summed E-state index contributed by atoms with van der Waals surface area (Å²) < 4.78 is 5.10. The van der Waals surface area contributed by atoms with E-state index in [0.29, 0.717) is 18.2 Å². The van der Waals surface area contributed by atoms with Crippen molar-refractivity contribution >= 4 is 30.1 Å². The lowest BCUT2D eigenvalue weighted by Crippen LogP contribution is -2.41. The third-order valence-corrected chi connectivity index (χ3v) is 4.03. The maximum absolute atomic E-state index is 11.9. The summed E-state index contributed by atoms with van der Waals surface area (Å²) in [5.74, 6) is 2.57. The number of nitrogens with two attached hydrogens (primary N) is 1. The van der Waals surface area contributed by atoms with Crippen LogP contribution in [0.1, 0.15) is 37.3 Å². The van der Waals surface area contributed by atoms with E-state index in [4.69, 9.17) is 10.3 Å². The Balaban J connectivity index is 0.00000400. The predicted octanol–water partition coefficient (Wildman–Crippen LogP) is 2.44. The quantitative estimate of drug-likeness (QED) is 0.762. The van der Waals surface area contributed by atoms with E-state index >= 15 is 0 Å². The number of aryl methyl sites for hydroxylation is 2. The smallest absolute Gasteiger partial charge is 0.230 e. The van der Waals surface area contributed by atoms with Gasteiger partial charge in [-0.15, -0.1) is 24.2 Å². The predicted molar refractivity (Wildman–Crippen MR) is 89.8 cm³/mol. The highest BCUT2D eigenvalue weighted by Crippen LogP contribution is 2.19. The van der Waals surface area contributed by atoms with Gasteiger partial charge in [-0.1, -0.05) is 19.0 Å². The Labute approximate surface area is 137 Å². The first kappa shape index (κ1) is 20.3. The molecule has 1 aromatic rings. The van der Waals surface area contributed by atoms with Gasteiger partial charge in [-0.3, -0.25) is 4.79 Å². The Bertz CT molecular complexity index is 418. The van der Waals surface area contributed by atoms with Gasteiger partial charge in [0, 0.05) is 23.9 Å². The van der Waals surface area contributed by atoms with E-state index < -0.39 is 0 Å². The molecule has 1 aromatic heterocycles. The molecule has 0 saturated carbocycles. The summed E-state index contributed by atoms with van der Waals surface area (Å²) in [4.78, 5) is 11.9. The zero-order chi connectivity index (χ0) is 15.1. The number of amides is 1. The zero-order valence-corrected chi connectivity index (χ0v) is 14.8. The summed E-state index contributed by atoms with van der Waals surface area (Å²) in [5, 5.41) is 6.89. The van der Waals surface area contributed by atoms with Crippen LogP contribution in [-0.2, 0) is 10.5 Å². The number of hydrogen-bond donors (Lipinski definition) is 2. The summed E-state index contributed by atoms with van der Waals surface area (Å²) in [5.41, 5.74) is 7.65. The van der Waals surface area contributed by atoms with Crippen LogP contribution in [-0.4, -0.2) is 29.4 Å². The van der Waals surface area contributed by atoms with Crippen molar-refractivity contribution in [1.82, 2.24) is 10.5 Å². The molecule has 0 fully saturated rings. The van der Waals surface area contributed by atoms with Crippen LogP contribution in [0.5, 0.6) is 0 Å². The lowest BCUT2D eigenvalue weighted by atomic mass is 10.0. The molecule has 0 aromatic carbocycles. The number of rotatable bonds is 8. The molecule has 7 heteroatoms. The second kappa shape index (κ2) is 10.1. The molecular weight excluding hydrogens is 310 g/mol. The fourth-order valence-electron chi connectivity index (χ4n) is 2.01. The van der Waals surface area contributed by atoms with Crippen molar-refractivity contribution in [3.63, 3.8) is 0 Å². The highest BCUT2D eigenvalue weighted by Gasteiger charge is 2.13. The van der Waals surface area contributed by atoms with Crippen molar-refractivity contribution in [1.29, 1.82) is 0 Å². The number of nitrogens with one attached hydrogen (secondary N) is 1. The molecule has 0 spiro atoms. The molecule has 0 aliphatic carbocycles. The fourth-order valence-corrected chi connectivity index (χ4v) is 2.99. The van der Waals surface area contributed by atoms with Crippen LogP contribution in [0.25, 0.3) is 0 Å². The molecule has 5 nitrogen and oxygen atoms in total. The van der Waals surface area contributed by atoms with E-state index in [1.54, 1.807) is 11.8 Å². The van der Waals surface area contributed by atoms with Gasteiger partial charge in [0.15, 0.2) is 0 Å². The van der Waals surface area contributed by atoms with Crippen LogP contribution < -0.4 is 11.1 Å². The molecule has 1 rings (SSSR count). The summed E-state index contributed by atoms with van der Waals surface area (Å²) in [6.07, 6.45) is 0.913. The first-order chi connectivity index (χ1) is 9.43. The number of halogens is 1. The van der Waals surface area contributed by atoms with E-state index in [2.05, 4.69) is 24.3 Å². The van der Waals surface area contributed by atoms with Gasteiger partial charge in [-0.05, 0) is 26.2 Å². The molecule has 0 radical (unpaired) electrons. The highest BCUT2D eigenvalue weighted by atomic mass is 35.5. The fraction of sp³-hybridized carbons (Fsp3) is 0.714. The standard InChI is InChI=1S/C14H25N3O2S.ClH/c1-9(2)5-12(6-15)16-14(18)8-20-7-13-10(3)17-19-11(13)4;/h9,12H,5-8,15H2,1-4H3,(H,16,18);1H. The normalized spacial score (nSPS) is 12.1. The molecule has 0 aliphatic heterocycles. The van der Waals surface area contributed by atoms with Gasteiger partial charge in [0.25, 0.3) is 0 Å². The average molecular weight is 336 g/mol. The minimum absolute atomic E-state index is 0. The van der Waals surface area contributed by atoms with Crippen molar-refractivity contribution in [2.24, 2.45) is 11.7 Å². The summed E-state index contributed by atoms with van der Waals surface area (Å²) >= 11 is 1.57. The van der Waals surface area contributed by atoms with Gasteiger partial charge < -0.3 is 15.6 Å². The monoisotopic (exact) mass is 335 g/mol. The maximum atomic E-state index is 11.9. The summed E-state index contributed by atoms with van der Waals surface area (Å²) in [7, 11) is 0. The molecule has 1 heterocycles. The van der Waals surface area contributed by atoms with Crippen LogP contribution in [0.4, 0.5) is 0 Å². The van der Waals surface area contributed by atoms with E-state index in [9.17, 15) is 4.79 Å². The molecule has 1 unspecified atom stereocenters. The van der Waals surface area contributed by atoms with Gasteiger partial charge in [-0.25, -0.2) is 0 Å². The maximum Gasteiger partial charge on any atom is 0.230 e. The lowest BCUT2D eigenvalue weighted by molar-refractivity contribution is -0.119. The van der Waals surface area contributed by atoms with Crippen LogP contribution in [0.2, 0.25) is 0 Å². The molecule has 122 valence electrons. The van der Waals surface area contributed by atoms with Crippen molar-refractivity contribution in [3.8, 4) is 0 Å². The number of nitrogens with zero attached hydrogens (tertiary/aromatic N) is 1. The van der Waals surface area contributed by atoms with Gasteiger partial charge in [0.05, 0.1) is 11.4 Å². The van der Waals surface area contributed by atoms with E-state index in [1.807, 2.05) is 13.8 Å². The number of carbonyl (C=O) groups is 1. The lowest BCUT2D eigenvalue weighted by Gasteiger charge is -2.18. The minimum Gasteiger partial charge on any atom is -0.361 e. The first-order valence-corrected chi connectivity index (χ1v) is 8.08. The zero-order valence-electron chi connectivity index (χ0n) is 13.1. The second-order valence-electron chi connectivity index (χ2n) is 5.43. The summed E-state index contributed by atoms with van der Waals surface area (Å²) in [6.45, 7) is 8.54.